The average Bonchev–Trinajstić information content (AvgIpc) is 2.97. The smallest absolute Gasteiger partial charge is 0.262 e. The van der Waals surface area contributed by atoms with E-state index in [1.807, 2.05) is 0 Å². The summed E-state index contributed by atoms with van der Waals surface area (Å²) in [4.78, 5) is 14.7. The zero-order valence-corrected chi connectivity index (χ0v) is 13.0. The van der Waals surface area contributed by atoms with Gasteiger partial charge in [-0.3, -0.25) is 10.1 Å². The number of nitro groups is 1. The molecule has 0 saturated carbocycles. The van der Waals surface area contributed by atoms with Gasteiger partial charge in [-0.25, -0.2) is 4.99 Å². The molecule has 0 saturated heterocycles. The summed E-state index contributed by atoms with van der Waals surface area (Å²) >= 11 is 11.7. The lowest BCUT2D eigenvalue weighted by atomic mass is 10.3. The van der Waals surface area contributed by atoms with Crippen LogP contribution < -0.4 is 0 Å². The minimum absolute atomic E-state index is 0.0484. The molecule has 9 heteroatoms. The van der Waals surface area contributed by atoms with E-state index in [1.54, 1.807) is 48.5 Å². The van der Waals surface area contributed by atoms with Crippen LogP contribution in [-0.2, 0) is 0 Å². The molecule has 1 unspecified atom stereocenters. The Morgan fingerprint density at radius 2 is 1.91 bits per heavy atom. The monoisotopic (exact) mass is 349 g/mol. The highest BCUT2D eigenvalue weighted by Gasteiger charge is 2.28. The van der Waals surface area contributed by atoms with Crippen molar-refractivity contribution in [2.45, 2.75) is 5.50 Å². The zero-order chi connectivity index (χ0) is 16.4. The summed E-state index contributed by atoms with van der Waals surface area (Å²) in [6.07, 6.45) is 0. The third-order valence-electron chi connectivity index (χ3n) is 3.04. The lowest BCUT2D eigenvalue weighted by Crippen LogP contribution is -2.30. The molecular formula is C14H9Cl2N5O2. The second kappa shape index (κ2) is 6.31. The van der Waals surface area contributed by atoms with E-state index in [-0.39, 0.29) is 5.84 Å². The predicted molar refractivity (Wildman–Crippen MR) is 88.1 cm³/mol. The van der Waals surface area contributed by atoms with E-state index < -0.39 is 10.4 Å². The zero-order valence-electron chi connectivity index (χ0n) is 11.5. The maximum atomic E-state index is 11.1. The summed E-state index contributed by atoms with van der Waals surface area (Å²) in [6, 6.07) is 13.6. The van der Waals surface area contributed by atoms with Gasteiger partial charge >= 0.3 is 5.50 Å². The third kappa shape index (κ3) is 3.15. The van der Waals surface area contributed by atoms with Crippen LogP contribution >= 0.6 is 23.2 Å². The van der Waals surface area contributed by atoms with Gasteiger partial charge in [-0.2, -0.15) is 4.68 Å². The Morgan fingerprint density at radius 1 is 1.22 bits per heavy atom. The highest BCUT2D eigenvalue weighted by atomic mass is 35.5. The number of aliphatic imine (C=N–C) groups is 1. The number of para-hydroxylation sites is 1. The van der Waals surface area contributed by atoms with Gasteiger partial charge in [-0.05, 0) is 48.0 Å². The fourth-order valence-corrected chi connectivity index (χ4v) is 2.25. The van der Waals surface area contributed by atoms with Crippen LogP contribution in [0.5, 0.6) is 0 Å². The van der Waals surface area contributed by atoms with Crippen LogP contribution in [0.1, 0.15) is 0 Å². The molecule has 0 radical (unpaired) electrons. The van der Waals surface area contributed by atoms with Gasteiger partial charge in [0, 0.05) is 9.95 Å². The van der Waals surface area contributed by atoms with Crippen molar-refractivity contribution in [3.63, 3.8) is 0 Å². The Bertz CT molecular complexity index is 892. The van der Waals surface area contributed by atoms with E-state index in [2.05, 4.69) is 15.3 Å². The van der Waals surface area contributed by atoms with E-state index in [4.69, 9.17) is 23.2 Å². The van der Waals surface area contributed by atoms with E-state index in [0.29, 0.717) is 21.7 Å². The molecule has 3 aromatic rings. The van der Waals surface area contributed by atoms with Crippen molar-refractivity contribution in [1.29, 1.82) is 0 Å². The van der Waals surface area contributed by atoms with Crippen molar-refractivity contribution < 1.29 is 4.92 Å². The summed E-state index contributed by atoms with van der Waals surface area (Å²) < 4.78 is 1.27. The van der Waals surface area contributed by atoms with Crippen molar-refractivity contribution in [1.82, 2.24) is 15.0 Å². The van der Waals surface area contributed by atoms with E-state index >= 15 is 0 Å². The van der Waals surface area contributed by atoms with Crippen LogP contribution in [0.3, 0.4) is 0 Å². The minimum Gasteiger partial charge on any atom is -0.262 e. The Morgan fingerprint density at radius 3 is 2.61 bits per heavy atom. The largest absolute Gasteiger partial charge is 0.345 e. The van der Waals surface area contributed by atoms with Crippen LogP contribution in [0.4, 0.5) is 5.69 Å². The summed E-state index contributed by atoms with van der Waals surface area (Å²) in [5, 5.41) is 19.6. The number of nitrogens with zero attached hydrogens (tertiary/aromatic N) is 5. The quantitative estimate of drug-likeness (QED) is 0.181. The Hall–Kier alpha value is -2.51. The molecule has 0 spiro atoms. The molecule has 0 aliphatic rings. The molecule has 0 fully saturated rings. The molecule has 2 aromatic carbocycles. The molecule has 1 aromatic heterocycles. The number of rotatable bonds is 3. The normalized spacial score (nSPS) is 13.2. The van der Waals surface area contributed by atoms with Gasteiger partial charge in [0.15, 0.2) is 0 Å². The van der Waals surface area contributed by atoms with Crippen molar-refractivity contribution in [3.05, 3.63) is 63.7 Å². The molecule has 0 amide bonds. The molecule has 116 valence electrons. The van der Waals surface area contributed by atoms with Gasteiger partial charge in [0.25, 0.3) is 0 Å². The number of hydrogen-bond donors (Lipinski definition) is 0. The molecule has 0 bridgehead atoms. The van der Waals surface area contributed by atoms with E-state index in [0.717, 1.165) is 0 Å². The molecule has 7 nitrogen and oxygen atoms in total. The maximum absolute atomic E-state index is 11.1. The number of hydrogen-bond acceptors (Lipinski definition) is 5. The summed E-state index contributed by atoms with van der Waals surface area (Å²) in [7, 11) is 0. The Kier molecular flexibility index (Phi) is 4.22. The first-order valence-corrected chi connectivity index (χ1v) is 7.30. The number of benzene rings is 2. The summed E-state index contributed by atoms with van der Waals surface area (Å²) in [6.45, 7) is 0. The summed E-state index contributed by atoms with van der Waals surface area (Å²) in [5.74, 6) is -0.0484. The molecule has 1 heterocycles. The second-order valence-corrected chi connectivity index (χ2v) is 5.41. The molecular weight excluding hydrogens is 341 g/mol. The standard InChI is InChI=1S/C14H9Cl2N5O2/c15-9-5-7-10(8-6-9)17-14(13(16)21(22)23)20-12-4-2-1-3-11(12)18-19-20/h1-8,13H. The third-order valence-corrected chi connectivity index (χ3v) is 3.64. The predicted octanol–water partition coefficient (Wildman–Crippen LogP) is 3.50. The fraction of sp³-hybridized carbons (Fsp3) is 0.0714. The van der Waals surface area contributed by atoms with Gasteiger partial charge in [0.1, 0.15) is 5.52 Å². The van der Waals surface area contributed by atoms with Gasteiger partial charge in [-0.1, -0.05) is 28.9 Å². The molecule has 3 rings (SSSR count). The van der Waals surface area contributed by atoms with Crippen molar-refractivity contribution in [2.24, 2.45) is 4.99 Å². The van der Waals surface area contributed by atoms with Crippen molar-refractivity contribution in [2.75, 3.05) is 0 Å². The van der Waals surface area contributed by atoms with Crippen LogP contribution in [0.15, 0.2) is 53.5 Å². The molecule has 0 aliphatic carbocycles. The lowest BCUT2D eigenvalue weighted by molar-refractivity contribution is -0.480. The Balaban J connectivity index is 2.16. The van der Waals surface area contributed by atoms with Gasteiger partial charge in [-0.15, -0.1) is 5.10 Å². The lowest BCUT2D eigenvalue weighted by Gasteiger charge is -2.07. The first kappa shape index (κ1) is 15.4. The number of fused-ring (bicyclic) bond motifs is 1. The highest BCUT2D eigenvalue weighted by Crippen LogP contribution is 2.20. The topological polar surface area (TPSA) is 86.2 Å². The highest BCUT2D eigenvalue weighted by molar-refractivity contribution is 6.31. The second-order valence-electron chi connectivity index (χ2n) is 4.56. The molecule has 23 heavy (non-hydrogen) atoms. The average molecular weight is 350 g/mol. The molecule has 1 atom stereocenters. The minimum atomic E-state index is -1.57. The van der Waals surface area contributed by atoms with Crippen LogP contribution in [0, 0.1) is 10.1 Å². The summed E-state index contributed by atoms with van der Waals surface area (Å²) in [5.41, 5.74) is 0.0588. The fourth-order valence-electron chi connectivity index (χ4n) is 1.98. The first-order chi connectivity index (χ1) is 11.1. The van der Waals surface area contributed by atoms with Crippen LogP contribution in [-0.4, -0.2) is 31.3 Å². The number of alkyl halides is 1. The van der Waals surface area contributed by atoms with Crippen molar-refractivity contribution in [3.8, 4) is 0 Å². The Labute approximate surface area is 140 Å². The van der Waals surface area contributed by atoms with Crippen LogP contribution in [0.2, 0.25) is 5.02 Å². The van der Waals surface area contributed by atoms with Gasteiger partial charge in [0.05, 0.1) is 11.2 Å². The van der Waals surface area contributed by atoms with E-state index in [1.165, 1.54) is 4.68 Å². The molecule has 0 aliphatic heterocycles. The van der Waals surface area contributed by atoms with Gasteiger partial charge < -0.3 is 0 Å². The SMILES string of the molecule is O=[N+]([O-])C(Cl)C(=Nc1ccc(Cl)cc1)n1nnc2ccccc21. The molecule has 0 N–H and O–H groups in total. The first-order valence-electron chi connectivity index (χ1n) is 6.49. The van der Waals surface area contributed by atoms with Gasteiger partial charge in [0.2, 0.25) is 5.84 Å². The van der Waals surface area contributed by atoms with E-state index in [9.17, 15) is 10.1 Å². The maximum Gasteiger partial charge on any atom is 0.345 e. The number of halogens is 2. The van der Waals surface area contributed by atoms with Crippen LogP contribution in [0.25, 0.3) is 11.0 Å². The number of aromatic nitrogens is 3. The van der Waals surface area contributed by atoms with Crippen molar-refractivity contribution >= 4 is 45.8 Å².